The number of halogens is 2. The van der Waals surface area contributed by atoms with Gasteiger partial charge in [0.2, 0.25) is 10.0 Å². The Balaban J connectivity index is 1.63. The normalized spacial score (nSPS) is 14.1. The number of sulfonamides is 1. The van der Waals surface area contributed by atoms with Crippen molar-refractivity contribution in [3.63, 3.8) is 0 Å². The minimum Gasteiger partial charge on any atom is -0.283 e. The van der Waals surface area contributed by atoms with Gasteiger partial charge in [-0.25, -0.2) is 22.8 Å². The number of hydrogen-bond acceptors (Lipinski definition) is 6. The number of aryl methyl sites for hydroxylation is 1. The van der Waals surface area contributed by atoms with Crippen molar-refractivity contribution in [2.24, 2.45) is 5.41 Å². The van der Waals surface area contributed by atoms with Crippen LogP contribution in [0.3, 0.4) is 0 Å². The molecule has 1 aliphatic rings. The van der Waals surface area contributed by atoms with Crippen molar-refractivity contribution >= 4 is 50.5 Å². The van der Waals surface area contributed by atoms with Gasteiger partial charge in [0.25, 0.3) is 5.91 Å². The van der Waals surface area contributed by atoms with Gasteiger partial charge in [-0.15, -0.1) is 11.3 Å². The molecule has 0 unspecified atom stereocenters. The molecule has 1 fully saturated rings. The molecule has 1 aliphatic heterocycles. The Labute approximate surface area is 285 Å². The van der Waals surface area contributed by atoms with Gasteiger partial charge in [-0.2, -0.15) is 5.10 Å². The number of thiophene rings is 1. The van der Waals surface area contributed by atoms with E-state index in [1.165, 1.54) is 11.3 Å². The van der Waals surface area contributed by atoms with E-state index in [9.17, 15) is 13.2 Å². The maximum Gasteiger partial charge on any atom is 0.286 e. The third-order valence-electron chi connectivity index (χ3n) is 7.27. The lowest BCUT2D eigenvalue weighted by Crippen LogP contribution is -2.45. The van der Waals surface area contributed by atoms with Crippen LogP contribution in [0.2, 0.25) is 10.0 Å². The van der Waals surface area contributed by atoms with Crippen LogP contribution < -0.4 is 10.1 Å². The van der Waals surface area contributed by atoms with Gasteiger partial charge in [-0.05, 0) is 67.6 Å². The highest BCUT2D eigenvalue weighted by Crippen LogP contribution is 2.37. The second kappa shape index (κ2) is 14.3. The molecule has 0 bridgehead atoms. The molecule has 0 radical (unpaired) electrons. The number of aromatic nitrogens is 2. The zero-order valence-electron chi connectivity index (χ0n) is 26.3. The lowest BCUT2D eigenvalue weighted by atomic mass is 10.0. The number of amides is 1. The molecule has 3 heterocycles. The van der Waals surface area contributed by atoms with E-state index in [2.05, 4.69) is 22.0 Å². The molecule has 46 heavy (non-hydrogen) atoms. The summed E-state index contributed by atoms with van der Waals surface area (Å²) in [6.07, 6.45) is 3.05. The van der Waals surface area contributed by atoms with Crippen LogP contribution >= 0.6 is 34.5 Å². The maximum atomic E-state index is 13.9. The summed E-state index contributed by atoms with van der Waals surface area (Å²) in [4.78, 5) is 15.4. The van der Waals surface area contributed by atoms with E-state index >= 15 is 0 Å². The average molecular weight is 699 g/mol. The third kappa shape index (κ3) is 8.79. The predicted octanol–water partition coefficient (Wildman–Crippen LogP) is 7.21. The van der Waals surface area contributed by atoms with E-state index in [1.807, 2.05) is 69.1 Å². The Kier molecular flexibility index (Phi) is 10.6. The van der Waals surface area contributed by atoms with Crippen LogP contribution in [0.4, 0.5) is 0 Å². The van der Waals surface area contributed by atoms with Gasteiger partial charge in [0, 0.05) is 35.8 Å². The second-order valence-corrected chi connectivity index (χ2v) is 16.3. The minimum absolute atomic E-state index is 0.0838. The van der Waals surface area contributed by atoms with Gasteiger partial charge in [0.15, 0.2) is 5.69 Å². The summed E-state index contributed by atoms with van der Waals surface area (Å²) >= 11 is 14.3. The molecule has 2 aromatic carbocycles. The van der Waals surface area contributed by atoms with Gasteiger partial charge >= 0.3 is 0 Å². The molecular weight excluding hydrogens is 661 g/mol. The van der Waals surface area contributed by atoms with Crippen molar-refractivity contribution in [1.29, 1.82) is 0 Å². The molecule has 0 saturated carbocycles. The van der Waals surface area contributed by atoms with Gasteiger partial charge in [-0.1, -0.05) is 79.9 Å². The summed E-state index contributed by atoms with van der Waals surface area (Å²) in [5.74, 6) is 5.93. The number of carbonyl (C=O) groups is 1. The second-order valence-electron chi connectivity index (χ2n) is 12.6. The number of hydrazine groups is 1. The molecule has 8 nitrogen and oxygen atoms in total. The first kappa shape index (κ1) is 34.2. The number of rotatable bonds is 8. The van der Waals surface area contributed by atoms with Crippen LogP contribution in [0.15, 0.2) is 54.6 Å². The van der Waals surface area contributed by atoms with Crippen molar-refractivity contribution in [2.75, 3.05) is 18.8 Å². The van der Waals surface area contributed by atoms with Crippen molar-refractivity contribution in [1.82, 2.24) is 24.9 Å². The molecule has 12 heteroatoms. The van der Waals surface area contributed by atoms with Crippen molar-refractivity contribution in [3.05, 3.63) is 91.9 Å². The fourth-order valence-corrected chi connectivity index (χ4v) is 8.20. The lowest BCUT2D eigenvalue weighted by molar-refractivity contribution is 0.0743. The fraction of sp³-hybridized carbons (Fsp3) is 0.353. The van der Waals surface area contributed by atoms with Crippen molar-refractivity contribution < 1.29 is 13.2 Å². The highest BCUT2D eigenvalue weighted by Gasteiger charge is 2.30. The summed E-state index contributed by atoms with van der Waals surface area (Å²) in [7, 11) is -3.70. The SMILES string of the molecule is Cc1ccc(C#Cc2ccc(-c3c(CNS(=O)(=O)CC(C)(C)C)c(C(=O)NN4CCCCC4)nn3-c3ccc(Cl)cc3Cl)s2)cc1. The first-order chi connectivity index (χ1) is 21.8. The van der Waals surface area contributed by atoms with Crippen LogP contribution in [0.25, 0.3) is 16.3 Å². The van der Waals surface area contributed by atoms with Crippen LogP contribution in [0, 0.1) is 24.2 Å². The maximum absolute atomic E-state index is 13.9. The van der Waals surface area contributed by atoms with E-state index in [-0.39, 0.29) is 18.0 Å². The first-order valence-corrected chi connectivity index (χ1v) is 18.3. The lowest BCUT2D eigenvalue weighted by Gasteiger charge is -2.26. The monoisotopic (exact) mass is 697 g/mol. The van der Waals surface area contributed by atoms with Crippen molar-refractivity contribution in [2.45, 2.75) is 53.5 Å². The first-order valence-electron chi connectivity index (χ1n) is 15.1. The van der Waals surface area contributed by atoms with E-state index in [4.69, 9.17) is 28.3 Å². The minimum atomic E-state index is -3.70. The zero-order valence-corrected chi connectivity index (χ0v) is 29.4. The zero-order chi connectivity index (χ0) is 33.1. The fourth-order valence-electron chi connectivity index (χ4n) is 5.19. The molecule has 242 valence electrons. The summed E-state index contributed by atoms with van der Waals surface area (Å²) in [6, 6.07) is 16.8. The third-order valence-corrected chi connectivity index (χ3v) is 10.6. The van der Waals surface area contributed by atoms with Crippen LogP contribution in [-0.2, 0) is 16.6 Å². The number of carbonyl (C=O) groups excluding carboxylic acids is 1. The summed E-state index contributed by atoms with van der Waals surface area (Å²) in [5.41, 5.74) is 6.14. The van der Waals surface area contributed by atoms with Gasteiger partial charge < -0.3 is 0 Å². The number of nitrogens with zero attached hydrogens (tertiary/aromatic N) is 3. The van der Waals surface area contributed by atoms with Gasteiger partial charge in [-0.3, -0.25) is 10.2 Å². The van der Waals surface area contributed by atoms with Gasteiger partial charge in [0.1, 0.15) is 0 Å². The van der Waals surface area contributed by atoms with Crippen LogP contribution in [-0.4, -0.2) is 48.0 Å². The van der Waals surface area contributed by atoms with Crippen LogP contribution in [0.1, 0.15) is 72.1 Å². The van der Waals surface area contributed by atoms with E-state index in [1.54, 1.807) is 22.9 Å². The van der Waals surface area contributed by atoms with Crippen molar-refractivity contribution in [3.8, 4) is 28.1 Å². The molecule has 2 N–H and O–H groups in total. The Hall–Kier alpha value is -3.17. The number of benzene rings is 2. The molecular formula is C34H37Cl2N5O3S2. The Morgan fingerprint density at radius 3 is 2.39 bits per heavy atom. The summed E-state index contributed by atoms with van der Waals surface area (Å²) < 4.78 is 30.7. The molecule has 4 aromatic rings. The standard InChI is InChI=1S/C34H37Cl2N5O3S2/c1-23-8-10-24(11-9-23)12-14-26-15-17-30(45-26)32-27(21-37-46(43,44)22-34(2,3)4)31(33(42)39-40-18-6-5-7-19-40)38-41(32)29-16-13-25(35)20-28(29)36/h8-11,13,15-17,20,37H,5-7,18-19,21-22H2,1-4H3,(H,39,42). The smallest absolute Gasteiger partial charge is 0.283 e. The molecule has 1 saturated heterocycles. The average Bonchev–Trinajstić information content (AvgIpc) is 3.60. The molecule has 1 amide bonds. The molecule has 5 rings (SSSR count). The van der Waals surface area contributed by atoms with E-state index in [0.717, 1.165) is 53.2 Å². The molecule has 2 aromatic heterocycles. The topological polar surface area (TPSA) is 96.3 Å². The number of nitrogens with one attached hydrogen (secondary N) is 2. The Bertz CT molecular complexity index is 1890. The molecule has 0 spiro atoms. The number of hydrogen-bond donors (Lipinski definition) is 2. The van der Waals surface area contributed by atoms with E-state index < -0.39 is 21.3 Å². The Morgan fingerprint density at radius 1 is 1.00 bits per heavy atom. The highest BCUT2D eigenvalue weighted by atomic mass is 35.5. The predicted molar refractivity (Wildman–Crippen MR) is 187 cm³/mol. The van der Waals surface area contributed by atoms with Crippen LogP contribution in [0.5, 0.6) is 0 Å². The van der Waals surface area contributed by atoms with E-state index in [0.29, 0.717) is 27.0 Å². The summed E-state index contributed by atoms with van der Waals surface area (Å²) in [5, 5.41) is 7.45. The Morgan fingerprint density at radius 2 is 1.72 bits per heavy atom. The summed E-state index contributed by atoms with van der Waals surface area (Å²) in [6.45, 7) is 8.92. The molecule has 0 atom stereocenters. The highest BCUT2D eigenvalue weighted by molar-refractivity contribution is 7.89. The number of piperidine rings is 1. The van der Waals surface area contributed by atoms with Gasteiger partial charge in [0.05, 0.1) is 31.9 Å². The molecule has 0 aliphatic carbocycles. The quantitative estimate of drug-likeness (QED) is 0.190. The largest absolute Gasteiger partial charge is 0.286 e.